The number of nitrogens with one attached hydrogen (secondary N) is 1. The molecule has 5 rings (SSSR count). The minimum absolute atomic E-state index is 0.0561. The number of rotatable bonds is 5. The van der Waals surface area contributed by atoms with Gasteiger partial charge in [-0.1, -0.05) is 48.0 Å². The summed E-state index contributed by atoms with van der Waals surface area (Å²) in [6, 6.07) is 23.2. The van der Waals surface area contributed by atoms with Gasteiger partial charge in [0.15, 0.2) is 0 Å². The summed E-state index contributed by atoms with van der Waals surface area (Å²) in [5.74, 6) is -0.0561. The van der Waals surface area contributed by atoms with Crippen molar-refractivity contribution in [2.75, 3.05) is 31.2 Å². The maximum atomic E-state index is 13.3. The number of hydrogen-bond acceptors (Lipinski definition) is 3. The third-order valence-corrected chi connectivity index (χ3v) is 6.70. The van der Waals surface area contributed by atoms with Crippen molar-refractivity contribution in [3.05, 3.63) is 89.6 Å². The highest BCUT2D eigenvalue weighted by Gasteiger charge is 2.18. The van der Waals surface area contributed by atoms with E-state index in [1.165, 1.54) is 11.3 Å². The fraction of sp³-hybridized carbons (Fsp3) is 0.276. The molecule has 5 nitrogen and oxygen atoms in total. The number of anilines is 1. The largest absolute Gasteiger partial charge is 0.378 e. The number of aromatic nitrogens is 1. The Labute approximate surface area is 201 Å². The maximum absolute atomic E-state index is 13.3. The number of ether oxygens (including phenoxy) is 1. The highest BCUT2D eigenvalue weighted by molar-refractivity contribution is 6.08. The molecular formula is C29H31N3O2. The molecular weight excluding hydrogens is 422 g/mol. The van der Waals surface area contributed by atoms with Crippen molar-refractivity contribution < 1.29 is 9.53 Å². The van der Waals surface area contributed by atoms with Crippen molar-refractivity contribution >= 4 is 22.5 Å². The van der Waals surface area contributed by atoms with Gasteiger partial charge in [-0.3, -0.25) is 4.79 Å². The van der Waals surface area contributed by atoms with Gasteiger partial charge in [-0.15, -0.1) is 0 Å². The first kappa shape index (κ1) is 22.2. The molecule has 0 saturated carbocycles. The summed E-state index contributed by atoms with van der Waals surface area (Å²) in [5, 5.41) is 4.14. The van der Waals surface area contributed by atoms with Crippen molar-refractivity contribution in [3.63, 3.8) is 0 Å². The minimum Gasteiger partial charge on any atom is -0.378 e. The number of carbonyl (C=O) groups is 1. The van der Waals surface area contributed by atoms with E-state index in [1.807, 2.05) is 30.8 Å². The number of amides is 1. The summed E-state index contributed by atoms with van der Waals surface area (Å²) in [5.41, 5.74) is 7.50. The van der Waals surface area contributed by atoms with Crippen LogP contribution in [0.4, 0.5) is 5.69 Å². The van der Waals surface area contributed by atoms with Gasteiger partial charge >= 0.3 is 0 Å². The second-order valence-corrected chi connectivity index (χ2v) is 9.14. The van der Waals surface area contributed by atoms with Crippen molar-refractivity contribution in [2.24, 2.45) is 7.05 Å². The van der Waals surface area contributed by atoms with Gasteiger partial charge in [0.25, 0.3) is 5.91 Å². The molecule has 34 heavy (non-hydrogen) atoms. The van der Waals surface area contributed by atoms with E-state index in [0.717, 1.165) is 53.9 Å². The zero-order valence-electron chi connectivity index (χ0n) is 20.0. The van der Waals surface area contributed by atoms with E-state index in [2.05, 4.69) is 77.8 Å². The molecule has 4 aromatic rings. The van der Waals surface area contributed by atoms with Gasteiger partial charge in [-0.2, -0.15) is 0 Å². The highest BCUT2D eigenvalue weighted by Crippen LogP contribution is 2.30. The Bertz CT molecular complexity index is 1320. The van der Waals surface area contributed by atoms with Crippen LogP contribution in [0.15, 0.2) is 72.9 Å². The molecule has 1 N–H and O–H groups in total. The van der Waals surface area contributed by atoms with Gasteiger partial charge in [-0.05, 0) is 54.8 Å². The van der Waals surface area contributed by atoms with Gasteiger partial charge in [0.1, 0.15) is 0 Å². The number of nitrogens with zero attached hydrogens (tertiary/aromatic N) is 2. The van der Waals surface area contributed by atoms with Crippen LogP contribution in [0, 0.1) is 6.92 Å². The van der Waals surface area contributed by atoms with Crippen LogP contribution in [0.3, 0.4) is 0 Å². The first-order valence-corrected chi connectivity index (χ1v) is 11.9. The van der Waals surface area contributed by atoms with Gasteiger partial charge in [0, 0.05) is 42.9 Å². The highest BCUT2D eigenvalue weighted by atomic mass is 16.5. The molecule has 1 amide bonds. The normalized spacial score (nSPS) is 14.9. The summed E-state index contributed by atoms with van der Waals surface area (Å²) in [6.07, 6.45) is 1.92. The first-order chi connectivity index (χ1) is 16.5. The van der Waals surface area contributed by atoms with E-state index < -0.39 is 0 Å². The van der Waals surface area contributed by atoms with E-state index in [9.17, 15) is 4.79 Å². The number of carbonyl (C=O) groups excluding carboxylic acids is 1. The lowest BCUT2D eigenvalue weighted by molar-refractivity contribution is 0.0941. The summed E-state index contributed by atoms with van der Waals surface area (Å²) >= 11 is 0. The lowest BCUT2D eigenvalue weighted by atomic mass is 10.0. The van der Waals surface area contributed by atoms with Crippen molar-refractivity contribution in [2.45, 2.75) is 19.9 Å². The molecule has 1 fully saturated rings. The average molecular weight is 454 g/mol. The van der Waals surface area contributed by atoms with Crippen molar-refractivity contribution in [3.8, 4) is 11.1 Å². The van der Waals surface area contributed by atoms with Gasteiger partial charge in [0.2, 0.25) is 0 Å². The van der Waals surface area contributed by atoms with Gasteiger partial charge in [0.05, 0.1) is 24.8 Å². The van der Waals surface area contributed by atoms with Crippen molar-refractivity contribution in [1.29, 1.82) is 0 Å². The third kappa shape index (κ3) is 4.44. The third-order valence-electron chi connectivity index (χ3n) is 6.70. The SMILES string of the molecule is Cc1cccc([C@H](C)NC(=O)c2cn(C)c3ccc(-c4ccc(N5CCOCC5)cc4)cc23)c1. The molecule has 0 bridgehead atoms. The molecule has 0 radical (unpaired) electrons. The van der Waals surface area contributed by atoms with E-state index in [-0.39, 0.29) is 11.9 Å². The standard InChI is InChI=1S/C29H31N3O2/c1-20-5-4-6-23(17-20)21(2)30-29(33)27-19-31(3)28-12-9-24(18-26(27)28)22-7-10-25(11-8-22)32-13-15-34-16-14-32/h4-12,17-19,21H,13-16H2,1-3H3,(H,30,33)/t21-/m0/s1. The minimum atomic E-state index is -0.0708. The monoisotopic (exact) mass is 453 g/mol. The lowest BCUT2D eigenvalue weighted by Gasteiger charge is -2.28. The Hall–Kier alpha value is -3.57. The Morgan fingerprint density at radius 2 is 1.71 bits per heavy atom. The van der Waals surface area contributed by atoms with E-state index in [0.29, 0.717) is 5.56 Å². The van der Waals surface area contributed by atoms with Crippen LogP contribution in [0.5, 0.6) is 0 Å². The molecule has 0 unspecified atom stereocenters. The summed E-state index contributed by atoms with van der Waals surface area (Å²) in [4.78, 5) is 15.6. The predicted octanol–water partition coefficient (Wildman–Crippen LogP) is 5.48. The van der Waals surface area contributed by atoms with Crippen LogP contribution >= 0.6 is 0 Å². The maximum Gasteiger partial charge on any atom is 0.253 e. The lowest BCUT2D eigenvalue weighted by Crippen LogP contribution is -2.36. The van der Waals surface area contributed by atoms with E-state index >= 15 is 0 Å². The van der Waals surface area contributed by atoms with Crippen LogP contribution < -0.4 is 10.2 Å². The van der Waals surface area contributed by atoms with Crippen LogP contribution in [-0.4, -0.2) is 36.8 Å². The van der Waals surface area contributed by atoms with Gasteiger partial charge < -0.3 is 19.5 Å². The van der Waals surface area contributed by atoms with Crippen LogP contribution in [0.25, 0.3) is 22.0 Å². The number of benzene rings is 3. The molecule has 1 aromatic heterocycles. The van der Waals surface area contributed by atoms with Crippen LogP contribution in [-0.2, 0) is 11.8 Å². The summed E-state index contributed by atoms with van der Waals surface area (Å²) in [7, 11) is 1.99. The molecule has 0 aliphatic carbocycles. The molecule has 174 valence electrons. The zero-order chi connectivity index (χ0) is 23.7. The van der Waals surface area contributed by atoms with Crippen LogP contribution in [0.2, 0.25) is 0 Å². The van der Waals surface area contributed by atoms with E-state index in [4.69, 9.17) is 4.74 Å². The topological polar surface area (TPSA) is 46.5 Å². The molecule has 1 saturated heterocycles. The number of morpholine rings is 1. The molecule has 0 spiro atoms. The summed E-state index contributed by atoms with van der Waals surface area (Å²) < 4.78 is 7.49. The van der Waals surface area contributed by atoms with Crippen molar-refractivity contribution in [1.82, 2.24) is 9.88 Å². The molecule has 1 aliphatic rings. The first-order valence-electron chi connectivity index (χ1n) is 11.9. The van der Waals surface area contributed by atoms with Crippen LogP contribution in [0.1, 0.15) is 34.5 Å². The Morgan fingerprint density at radius 3 is 2.44 bits per heavy atom. The molecule has 2 heterocycles. The number of aryl methyl sites for hydroxylation is 2. The molecule has 1 atom stereocenters. The van der Waals surface area contributed by atoms with Gasteiger partial charge in [-0.25, -0.2) is 0 Å². The zero-order valence-corrected chi connectivity index (χ0v) is 20.0. The smallest absolute Gasteiger partial charge is 0.253 e. The molecule has 1 aliphatic heterocycles. The Balaban J connectivity index is 1.41. The Kier molecular flexibility index (Phi) is 6.12. The molecule has 3 aromatic carbocycles. The second kappa shape index (κ2) is 9.35. The fourth-order valence-electron chi connectivity index (χ4n) is 4.74. The van der Waals surface area contributed by atoms with E-state index in [1.54, 1.807) is 0 Å². The number of fused-ring (bicyclic) bond motifs is 1. The average Bonchev–Trinajstić information content (AvgIpc) is 3.20. The Morgan fingerprint density at radius 1 is 0.971 bits per heavy atom. The predicted molar refractivity (Wildman–Crippen MR) is 138 cm³/mol. The number of hydrogen-bond donors (Lipinski definition) is 1. The second-order valence-electron chi connectivity index (χ2n) is 9.14. The fourth-order valence-corrected chi connectivity index (χ4v) is 4.74. The quantitative estimate of drug-likeness (QED) is 0.435. The summed E-state index contributed by atoms with van der Waals surface area (Å²) in [6.45, 7) is 7.50. The molecule has 5 heteroatoms.